The summed E-state index contributed by atoms with van der Waals surface area (Å²) in [6.07, 6.45) is 1.63. The van der Waals surface area contributed by atoms with Crippen LogP contribution in [0.2, 0.25) is 0 Å². The highest BCUT2D eigenvalue weighted by Crippen LogP contribution is 2.09. The van der Waals surface area contributed by atoms with Gasteiger partial charge in [0.15, 0.2) is 0 Å². The lowest BCUT2D eigenvalue weighted by atomic mass is 10.5. The molecule has 90 valence electrons. The highest BCUT2D eigenvalue weighted by Gasteiger charge is 2.07. The second-order valence-corrected chi connectivity index (χ2v) is 4.38. The molecule has 0 fully saturated rings. The topological polar surface area (TPSA) is 83.0 Å². The highest BCUT2D eigenvalue weighted by molar-refractivity contribution is 7.09. The number of hydrogen-bond acceptors (Lipinski definition) is 6. The van der Waals surface area contributed by atoms with Crippen LogP contribution >= 0.6 is 11.3 Å². The third-order valence-corrected chi connectivity index (χ3v) is 2.89. The van der Waals surface area contributed by atoms with Crippen molar-refractivity contribution in [3.63, 3.8) is 0 Å². The maximum Gasteiger partial charge on any atom is 0.328 e. The van der Waals surface area contributed by atoms with Crippen LogP contribution in [-0.2, 0) is 29.2 Å². The Morgan fingerprint density at radius 2 is 2.47 bits per heavy atom. The van der Waals surface area contributed by atoms with E-state index in [1.807, 2.05) is 17.5 Å². The summed E-state index contributed by atoms with van der Waals surface area (Å²) in [5.41, 5.74) is 6.04. The van der Waals surface area contributed by atoms with E-state index in [9.17, 15) is 4.79 Å². The number of ether oxygens (including phenoxy) is 1. The summed E-state index contributed by atoms with van der Waals surface area (Å²) >= 11 is 1.55. The van der Waals surface area contributed by atoms with Gasteiger partial charge in [-0.05, 0) is 11.4 Å². The van der Waals surface area contributed by atoms with Crippen LogP contribution < -0.4 is 5.73 Å². The van der Waals surface area contributed by atoms with E-state index < -0.39 is 0 Å². The van der Waals surface area contributed by atoms with Crippen molar-refractivity contribution < 1.29 is 9.53 Å². The summed E-state index contributed by atoms with van der Waals surface area (Å²) in [5.74, 6) is -0.341. The number of carbonyl (C=O) groups excluding carboxylic acids is 1. The zero-order valence-corrected chi connectivity index (χ0v) is 9.89. The third kappa shape index (κ3) is 3.36. The summed E-state index contributed by atoms with van der Waals surface area (Å²) < 4.78 is 6.50. The number of rotatable bonds is 5. The second-order valence-electron chi connectivity index (χ2n) is 3.35. The minimum Gasteiger partial charge on any atom is -0.459 e. The highest BCUT2D eigenvalue weighted by atomic mass is 32.1. The van der Waals surface area contributed by atoms with E-state index in [0.29, 0.717) is 18.8 Å². The van der Waals surface area contributed by atoms with Crippen molar-refractivity contribution in [2.75, 3.05) is 0 Å². The standard InChI is InChI=1S/C10H12N4O2S/c11-4-8-5-14(13-12-8)6-10(15)16-7-9-2-1-3-17-9/h1-3,5H,4,6-7,11H2. The minimum absolute atomic E-state index is 0.0539. The molecular weight excluding hydrogens is 240 g/mol. The summed E-state index contributed by atoms with van der Waals surface area (Å²) in [6, 6.07) is 3.83. The predicted octanol–water partition coefficient (Wildman–Crippen LogP) is 0.542. The predicted molar refractivity (Wildman–Crippen MR) is 62.0 cm³/mol. The first-order chi connectivity index (χ1) is 8.28. The molecule has 0 radical (unpaired) electrons. The van der Waals surface area contributed by atoms with Gasteiger partial charge < -0.3 is 10.5 Å². The molecule has 0 bridgehead atoms. The molecule has 2 rings (SSSR count). The summed E-state index contributed by atoms with van der Waals surface area (Å²) in [4.78, 5) is 12.5. The lowest BCUT2D eigenvalue weighted by Crippen LogP contribution is -2.13. The van der Waals surface area contributed by atoms with Crippen LogP contribution in [0.4, 0.5) is 0 Å². The Morgan fingerprint density at radius 1 is 1.59 bits per heavy atom. The summed E-state index contributed by atoms with van der Waals surface area (Å²) in [6.45, 7) is 0.664. The van der Waals surface area contributed by atoms with E-state index in [1.165, 1.54) is 4.68 Å². The molecular formula is C10H12N4O2S. The fraction of sp³-hybridized carbons (Fsp3) is 0.300. The Balaban J connectivity index is 1.81. The van der Waals surface area contributed by atoms with E-state index >= 15 is 0 Å². The molecule has 2 N–H and O–H groups in total. The average molecular weight is 252 g/mol. The van der Waals surface area contributed by atoms with Crippen molar-refractivity contribution in [1.29, 1.82) is 0 Å². The molecule has 7 heteroatoms. The Bertz CT molecular complexity index is 480. The molecule has 0 amide bonds. The SMILES string of the molecule is NCc1cn(CC(=O)OCc2cccs2)nn1. The molecule has 0 atom stereocenters. The molecule has 0 saturated carbocycles. The molecule has 2 heterocycles. The number of hydrogen-bond donors (Lipinski definition) is 1. The van der Waals surface area contributed by atoms with Crippen molar-refractivity contribution in [3.8, 4) is 0 Å². The molecule has 0 aliphatic rings. The molecule has 0 aromatic carbocycles. The molecule has 0 saturated heterocycles. The molecule has 0 spiro atoms. The fourth-order valence-corrected chi connectivity index (χ4v) is 1.85. The van der Waals surface area contributed by atoms with E-state index in [1.54, 1.807) is 17.5 Å². The fourth-order valence-electron chi connectivity index (χ4n) is 1.23. The van der Waals surface area contributed by atoms with Crippen LogP contribution in [0.15, 0.2) is 23.7 Å². The van der Waals surface area contributed by atoms with Crippen LogP contribution in [0.5, 0.6) is 0 Å². The first kappa shape index (κ1) is 11.7. The van der Waals surface area contributed by atoms with Gasteiger partial charge in [-0.25, -0.2) is 4.68 Å². The maximum atomic E-state index is 11.5. The first-order valence-electron chi connectivity index (χ1n) is 5.05. The van der Waals surface area contributed by atoms with Gasteiger partial charge in [0, 0.05) is 11.4 Å². The lowest BCUT2D eigenvalue weighted by molar-refractivity contribution is -0.145. The van der Waals surface area contributed by atoms with Gasteiger partial charge in [-0.15, -0.1) is 16.4 Å². The van der Waals surface area contributed by atoms with Gasteiger partial charge in [0.25, 0.3) is 0 Å². The number of thiophene rings is 1. The molecule has 0 aliphatic heterocycles. The lowest BCUT2D eigenvalue weighted by Gasteiger charge is -2.02. The van der Waals surface area contributed by atoms with Gasteiger partial charge in [0.1, 0.15) is 13.2 Å². The van der Waals surface area contributed by atoms with Crippen molar-refractivity contribution in [1.82, 2.24) is 15.0 Å². The number of carbonyl (C=O) groups is 1. The quantitative estimate of drug-likeness (QED) is 0.785. The van der Waals surface area contributed by atoms with Crippen molar-refractivity contribution in [2.45, 2.75) is 19.7 Å². The van der Waals surface area contributed by atoms with Crippen LogP contribution in [0.3, 0.4) is 0 Å². The van der Waals surface area contributed by atoms with Crippen LogP contribution in [-0.4, -0.2) is 21.0 Å². The molecule has 0 aliphatic carbocycles. The third-order valence-electron chi connectivity index (χ3n) is 2.04. The molecule has 6 nitrogen and oxygen atoms in total. The Hall–Kier alpha value is -1.73. The Morgan fingerprint density at radius 3 is 3.12 bits per heavy atom. The summed E-state index contributed by atoms with van der Waals surface area (Å²) in [5, 5.41) is 9.48. The van der Waals surface area contributed by atoms with E-state index in [4.69, 9.17) is 10.5 Å². The molecule has 0 unspecified atom stereocenters. The van der Waals surface area contributed by atoms with E-state index in [0.717, 1.165) is 4.88 Å². The number of nitrogens with zero attached hydrogens (tertiary/aromatic N) is 3. The maximum absolute atomic E-state index is 11.5. The van der Waals surface area contributed by atoms with Gasteiger partial charge in [0.2, 0.25) is 0 Å². The molecule has 17 heavy (non-hydrogen) atoms. The number of esters is 1. The first-order valence-corrected chi connectivity index (χ1v) is 5.93. The monoisotopic (exact) mass is 252 g/mol. The number of aromatic nitrogens is 3. The normalized spacial score (nSPS) is 10.4. The van der Waals surface area contributed by atoms with Gasteiger partial charge in [0.05, 0.1) is 11.9 Å². The number of nitrogens with two attached hydrogens (primary N) is 1. The minimum atomic E-state index is -0.341. The average Bonchev–Trinajstić information content (AvgIpc) is 2.97. The van der Waals surface area contributed by atoms with Crippen molar-refractivity contribution in [2.24, 2.45) is 5.73 Å². The van der Waals surface area contributed by atoms with Gasteiger partial charge in [-0.2, -0.15) is 0 Å². The van der Waals surface area contributed by atoms with Crippen LogP contribution in [0.1, 0.15) is 10.6 Å². The Labute approximate surface area is 102 Å². The Kier molecular flexibility index (Phi) is 3.84. The van der Waals surface area contributed by atoms with Crippen molar-refractivity contribution >= 4 is 17.3 Å². The zero-order chi connectivity index (χ0) is 12.1. The van der Waals surface area contributed by atoms with Gasteiger partial charge in [-0.3, -0.25) is 4.79 Å². The van der Waals surface area contributed by atoms with Crippen LogP contribution in [0.25, 0.3) is 0 Å². The molecule has 2 aromatic rings. The molecule has 2 aromatic heterocycles. The van der Waals surface area contributed by atoms with Crippen molar-refractivity contribution in [3.05, 3.63) is 34.3 Å². The largest absolute Gasteiger partial charge is 0.459 e. The van der Waals surface area contributed by atoms with E-state index in [-0.39, 0.29) is 12.5 Å². The van der Waals surface area contributed by atoms with Crippen LogP contribution in [0, 0.1) is 0 Å². The van der Waals surface area contributed by atoms with Gasteiger partial charge >= 0.3 is 5.97 Å². The van der Waals surface area contributed by atoms with E-state index in [2.05, 4.69) is 10.3 Å². The second kappa shape index (κ2) is 5.55. The smallest absolute Gasteiger partial charge is 0.328 e. The zero-order valence-electron chi connectivity index (χ0n) is 9.07. The van der Waals surface area contributed by atoms with Gasteiger partial charge in [-0.1, -0.05) is 11.3 Å². The summed E-state index contributed by atoms with van der Waals surface area (Å²) in [7, 11) is 0.